The summed E-state index contributed by atoms with van der Waals surface area (Å²) in [5.41, 5.74) is 1.36. The van der Waals surface area contributed by atoms with E-state index in [0.29, 0.717) is 13.0 Å². The van der Waals surface area contributed by atoms with Gasteiger partial charge in [0, 0.05) is 6.54 Å². The van der Waals surface area contributed by atoms with Crippen LogP contribution in [-0.4, -0.2) is 23.4 Å². The zero-order chi connectivity index (χ0) is 13.5. The molecular weight excluding hydrogens is 240 g/mol. The van der Waals surface area contributed by atoms with Crippen molar-refractivity contribution in [1.82, 2.24) is 10.2 Å². The third kappa shape index (κ3) is 1.66. The third-order valence-electron chi connectivity index (χ3n) is 4.10. The Kier molecular flexibility index (Phi) is 2.81. The molecule has 100 valence electrons. The summed E-state index contributed by atoms with van der Waals surface area (Å²) >= 11 is 0. The summed E-state index contributed by atoms with van der Waals surface area (Å²) in [6.07, 6.45) is 3.41. The highest BCUT2D eigenvalue weighted by Gasteiger charge is 2.53. The van der Waals surface area contributed by atoms with Crippen LogP contribution in [0.2, 0.25) is 0 Å². The van der Waals surface area contributed by atoms with Crippen molar-refractivity contribution in [3.8, 4) is 0 Å². The summed E-state index contributed by atoms with van der Waals surface area (Å²) in [7, 11) is 0. The third-order valence-corrected chi connectivity index (χ3v) is 4.10. The van der Waals surface area contributed by atoms with E-state index in [0.717, 1.165) is 24.8 Å². The highest BCUT2D eigenvalue weighted by molar-refractivity contribution is 6.07. The lowest BCUT2D eigenvalue weighted by Crippen LogP contribution is -2.46. The Hall–Kier alpha value is -1.84. The number of imide groups is 1. The first-order valence-electron chi connectivity index (χ1n) is 6.91. The van der Waals surface area contributed by atoms with Crippen molar-refractivity contribution >= 4 is 11.9 Å². The van der Waals surface area contributed by atoms with Gasteiger partial charge in [-0.2, -0.15) is 0 Å². The fourth-order valence-corrected chi connectivity index (χ4v) is 3.24. The quantitative estimate of drug-likeness (QED) is 0.827. The number of fused-ring (bicyclic) bond motifs is 2. The molecule has 19 heavy (non-hydrogen) atoms. The molecule has 1 unspecified atom stereocenters. The lowest BCUT2D eigenvalue weighted by molar-refractivity contribution is -0.132. The number of carbonyl (C=O) groups excluding carboxylic acids is 2. The van der Waals surface area contributed by atoms with Crippen LogP contribution in [0.15, 0.2) is 24.3 Å². The fraction of sp³-hybridized carbons (Fsp3) is 0.467. The predicted octanol–water partition coefficient (Wildman–Crippen LogP) is 2.18. The van der Waals surface area contributed by atoms with Crippen LogP contribution in [0.3, 0.4) is 0 Å². The zero-order valence-corrected chi connectivity index (χ0v) is 11.1. The van der Waals surface area contributed by atoms with E-state index in [4.69, 9.17) is 0 Å². The van der Waals surface area contributed by atoms with Gasteiger partial charge in [0.15, 0.2) is 0 Å². The molecular formula is C15H18N2O2. The molecule has 2 aliphatic rings. The number of benzene rings is 1. The monoisotopic (exact) mass is 258 g/mol. The van der Waals surface area contributed by atoms with Crippen LogP contribution in [0.5, 0.6) is 0 Å². The van der Waals surface area contributed by atoms with E-state index >= 15 is 0 Å². The number of urea groups is 1. The lowest BCUT2D eigenvalue weighted by Gasteiger charge is -2.33. The van der Waals surface area contributed by atoms with Gasteiger partial charge in [-0.05, 0) is 36.8 Å². The number of nitrogens with one attached hydrogen (secondary N) is 1. The molecule has 3 amide bonds. The van der Waals surface area contributed by atoms with Crippen LogP contribution in [0.4, 0.5) is 4.79 Å². The number of carbonyl (C=O) groups is 2. The summed E-state index contributed by atoms with van der Waals surface area (Å²) in [6, 6.07) is 7.71. The average molecular weight is 258 g/mol. The molecule has 1 saturated heterocycles. The van der Waals surface area contributed by atoms with Gasteiger partial charge in [-0.25, -0.2) is 4.79 Å². The molecule has 0 radical (unpaired) electrons. The summed E-state index contributed by atoms with van der Waals surface area (Å²) in [5.74, 6) is -0.0773. The molecule has 0 aromatic heterocycles. The number of hydrogen-bond donors (Lipinski definition) is 1. The second-order valence-electron chi connectivity index (χ2n) is 5.30. The van der Waals surface area contributed by atoms with Gasteiger partial charge in [-0.15, -0.1) is 0 Å². The van der Waals surface area contributed by atoms with Crippen molar-refractivity contribution in [1.29, 1.82) is 0 Å². The average Bonchev–Trinajstić information content (AvgIpc) is 2.65. The number of aryl methyl sites for hydroxylation is 1. The Morgan fingerprint density at radius 1 is 1.32 bits per heavy atom. The molecule has 1 N–H and O–H groups in total. The Labute approximate surface area is 112 Å². The fourth-order valence-electron chi connectivity index (χ4n) is 3.24. The van der Waals surface area contributed by atoms with E-state index < -0.39 is 5.54 Å². The molecule has 1 aromatic carbocycles. The highest BCUT2D eigenvalue weighted by Crippen LogP contribution is 2.39. The minimum Gasteiger partial charge on any atom is -0.319 e. The topological polar surface area (TPSA) is 49.4 Å². The highest BCUT2D eigenvalue weighted by atomic mass is 16.2. The SMILES string of the molecule is CCCN1C(=O)NC2(CCCc3ccccc32)C1=O. The Morgan fingerprint density at radius 2 is 2.11 bits per heavy atom. The number of rotatable bonds is 2. The van der Waals surface area contributed by atoms with E-state index in [1.165, 1.54) is 10.5 Å². The Balaban J connectivity index is 2.06. The first-order chi connectivity index (χ1) is 9.19. The maximum Gasteiger partial charge on any atom is 0.325 e. The minimum atomic E-state index is -0.804. The van der Waals surface area contributed by atoms with E-state index in [1.807, 2.05) is 25.1 Å². The van der Waals surface area contributed by atoms with Gasteiger partial charge in [0.2, 0.25) is 0 Å². The van der Waals surface area contributed by atoms with Gasteiger partial charge in [0.25, 0.3) is 5.91 Å². The van der Waals surface area contributed by atoms with Crippen LogP contribution in [0, 0.1) is 0 Å². The summed E-state index contributed by atoms with van der Waals surface area (Å²) in [6.45, 7) is 2.47. The van der Waals surface area contributed by atoms with Crippen LogP contribution in [0.1, 0.15) is 37.3 Å². The molecule has 1 atom stereocenters. The van der Waals surface area contributed by atoms with Gasteiger partial charge in [-0.3, -0.25) is 9.69 Å². The summed E-state index contributed by atoms with van der Waals surface area (Å²) in [4.78, 5) is 26.1. The molecule has 1 heterocycles. The zero-order valence-electron chi connectivity index (χ0n) is 11.1. The Morgan fingerprint density at radius 3 is 2.89 bits per heavy atom. The Bertz CT molecular complexity index is 541. The largest absolute Gasteiger partial charge is 0.325 e. The van der Waals surface area contributed by atoms with Crippen LogP contribution in [0.25, 0.3) is 0 Å². The smallest absolute Gasteiger partial charge is 0.319 e. The van der Waals surface area contributed by atoms with Crippen molar-refractivity contribution in [3.05, 3.63) is 35.4 Å². The van der Waals surface area contributed by atoms with Gasteiger partial charge < -0.3 is 5.32 Å². The normalized spacial score (nSPS) is 25.6. The maximum absolute atomic E-state index is 12.7. The molecule has 1 aromatic rings. The second-order valence-corrected chi connectivity index (χ2v) is 5.30. The van der Waals surface area contributed by atoms with Crippen LogP contribution < -0.4 is 5.32 Å². The lowest BCUT2D eigenvalue weighted by atomic mass is 9.76. The molecule has 3 rings (SSSR count). The van der Waals surface area contributed by atoms with E-state index in [2.05, 4.69) is 11.4 Å². The molecule has 4 heteroatoms. The second kappa shape index (κ2) is 4.37. The van der Waals surface area contributed by atoms with Gasteiger partial charge in [0.1, 0.15) is 5.54 Å². The molecule has 1 spiro atoms. The number of nitrogens with zero attached hydrogens (tertiary/aromatic N) is 1. The predicted molar refractivity (Wildman–Crippen MR) is 71.6 cm³/mol. The summed E-state index contributed by atoms with van der Waals surface area (Å²) in [5, 5.41) is 2.95. The van der Waals surface area contributed by atoms with E-state index in [1.54, 1.807) is 0 Å². The summed E-state index contributed by atoms with van der Waals surface area (Å²) < 4.78 is 0. The molecule has 0 bridgehead atoms. The van der Waals surface area contributed by atoms with Gasteiger partial charge in [0.05, 0.1) is 0 Å². The van der Waals surface area contributed by atoms with E-state index in [-0.39, 0.29) is 11.9 Å². The minimum absolute atomic E-state index is 0.0773. The first-order valence-corrected chi connectivity index (χ1v) is 6.91. The van der Waals surface area contributed by atoms with Crippen molar-refractivity contribution in [2.75, 3.05) is 6.54 Å². The molecule has 1 fully saturated rings. The van der Waals surface area contributed by atoms with Crippen molar-refractivity contribution in [3.63, 3.8) is 0 Å². The molecule has 1 aliphatic carbocycles. The van der Waals surface area contributed by atoms with Gasteiger partial charge in [-0.1, -0.05) is 31.2 Å². The standard InChI is InChI=1S/C15H18N2O2/c1-2-10-17-13(18)15(16-14(17)19)9-5-7-11-6-3-4-8-12(11)15/h3-4,6,8H,2,5,7,9-10H2,1H3,(H,16,19). The van der Waals surface area contributed by atoms with Crippen molar-refractivity contribution in [2.45, 2.75) is 38.1 Å². The van der Waals surface area contributed by atoms with Crippen LogP contribution >= 0.6 is 0 Å². The number of hydrogen-bond acceptors (Lipinski definition) is 2. The molecule has 4 nitrogen and oxygen atoms in total. The molecule has 0 saturated carbocycles. The van der Waals surface area contributed by atoms with Crippen molar-refractivity contribution < 1.29 is 9.59 Å². The number of amides is 3. The van der Waals surface area contributed by atoms with E-state index in [9.17, 15) is 9.59 Å². The van der Waals surface area contributed by atoms with Crippen molar-refractivity contribution in [2.24, 2.45) is 0 Å². The molecule has 1 aliphatic heterocycles. The van der Waals surface area contributed by atoms with Crippen LogP contribution in [-0.2, 0) is 16.8 Å². The van der Waals surface area contributed by atoms with Gasteiger partial charge >= 0.3 is 6.03 Å². The maximum atomic E-state index is 12.7. The first kappa shape index (κ1) is 12.2.